The van der Waals surface area contributed by atoms with Gasteiger partial charge in [0.1, 0.15) is 0 Å². The molecule has 12 rings (SSSR count). The first-order chi connectivity index (χ1) is 32.3. The third-order valence-corrected chi connectivity index (χ3v) is 14.3. The van der Waals surface area contributed by atoms with Crippen LogP contribution in [-0.2, 0) is 5.41 Å². The molecule has 2 aliphatic carbocycles. The number of aryl methyl sites for hydroxylation is 1. The van der Waals surface area contributed by atoms with E-state index in [0.717, 1.165) is 17.1 Å². The van der Waals surface area contributed by atoms with Gasteiger partial charge in [0.05, 0.1) is 16.7 Å². The molecule has 8 aromatic carbocycles. The van der Waals surface area contributed by atoms with Crippen LogP contribution in [-0.4, -0.2) is 4.40 Å². The molecule has 0 aliphatic heterocycles. The monoisotopic (exact) mass is 852 g/mol. The average Bonchev–Trinajstić information content (AvgIpc) is 4.04. The number of allylic oxidation sites excluding steroid dienone is 1. The van der Waals surface area contributed by atoms with E-state index in [1.807, 2.05) is 19.9 Å². The first-order valence-corrected chi connectivity index (χ1v) is 23.9. The number of hydrogen-bond acceptors (Lipinski definition) is 1. The fourth-order valence-electron chi connectivity index (χ4n) is 11.1. The predicted octanol–water partition coefficient (Wildman–Crippen LogP) is 18.3. The predicted molar refractivity (Wildman–Crippen MR) is 285 cm³/mol. The van der Waals surface area contributed by atoms with Crippen LogP contribution in [0.15, 0.2) is 183 Å². The molecule has 0 N–H and O–H groups in total. The molecule has 322 valence electrons. The molecule has 0 atom stereocenters. The van der Waals surface area contributed by atoms with Crippen LogP contribution in [0.5, 0.6) is 0 Å². The van der Waals surface area contributed by atoms with Crippen molar-refractivity contribution < 1.29 is 0 Å². The van der Waals surface area contributed by atoms with Crippen molar-refractivity contribution in [2.24, 2.45) is 0 Å². The number of hydrogen-bond donors (Lipinski definition) is 0. The second-order valence-corrected chi connectivity index (χ2v) is 18.5. The van der Waals surface area contributed by atoms with Crippen LogP contribution < -0.4 is 4.90 Å². The molecule has 0 spiro atoms. The van der Waals surface area contributed by atoms with E-state index in [9.17, 15) is 0 Å². The fraction of sp³-hybridized carbons (Fsp3) is 0.156. The Kier molecular flexibility index (Phi) is 10.2. The van der Waals surface area contributed by atoms with E-state index in [2.05, 4.69) is 226 Å². The lowest BCUT2D eigenvalue weighted by atomic mass is 9.82. The fourth-order valence-corrected chi connectivity index (χ4v) is 11.1. The van der Waals surface area contributed by atoms with Crippen LogP contribution >= 0.6 is 0 Å². The molecule has 2 heteroatoms. The molecule has 0 saturated heterocycles. The number of benzene rings is 8. The Labute approximate surface area is 390 Å². The summed E-state index contributed by atoms with van der Waals surface area (Å²) in [6.07, 6.45) is 8.83. The van der Waals surface area contributed by atoms with E-state index in [-0.39, 0.29) is 5.41 Å². The maximum atomic E-state index is 4.21. The summed E-state index contributed by atoms with van der Waals surface area (Å²) in [7, 11) is 0. The van der Waals surface area contributed by atoms with Crippen LogP contribution in [0.1, 0.15) is 86.9 Å². The quantitative estimate of drug-likeness (QED) is 0.140. The van der Waals surface area contributed by atoms with Gasteiger partial charge in [0.2, 0.25) is 0 Å². The van der Waals surface area contributed by atoms with E-state index < -0.39 is 0 Å². The average molecular weight is 853 g/mol. The van der Waals surface area contributed by atoms with E-state index in [1.54, 1.807) is 0 Å². The van der Waals surface area contributed by atoms with Gasteiger partial charge in [0.15, 0.2) is 0 Å². The lowest BCUT2D eigenvalue weighted by Gasteiger charge is -2.28. The lowest BCUT2D eigenvalue weighted by Crippen LogP contribution is -2.15. The molecule has 10 aromatic rings. The van der Waals surface area contributed by atoms with Crippen molar-refractivity contribution >= 4 is 56.4 Å². The summed E-state index contributed by atoms with van der Waals surface area (Å²) < 4.78 is 2.45. The van der Waals surface area contributed by atoms with Crippen LogP contribution in [0.3, 0.4) is 0 Å². The highest BCUT2D eigenvalue weighted by molar-refractivity contribution is 6.21. The Balaban J connectivity index is 0.00000238. The highest BCUT2D eigenvalue weighted by atomic mass is 15.1. The summed E-state index contributed by atoms with van der Waals surface area (Å²) in [6, 6.07) is 63.7. The Morgan fingerprint density at radius 3 is 1.97 bits per heavy atom. The van der Waals surface area contributed by atoms with Crippen molar-refractivity contribution in [2.45, 2.75) is 65.7 Å². The number of rotatable bonds is 9. The van der Waals surface area contributed by atoms with E-state index in [0.29, 0.717) is 5.92 Å². The summed E-state index contributed by atoms with van der Waals surface area (Å²) in [5, 5.41) is 3.86. The van der Waals surface area contributed by atoms with Crippen LogP contribution in [0.4, 0.5) is 17.1 Å². The molecule has 1 saturated carbocycles. The first-order valence-electron chi connectivity index (χ1n) is 23.9. The topological polar surface area (TPSA) is 7.65 Å². The van der Waals surface area contributed by atoms with Gasteiger partial charge in [-0.15, -0.1) is 0 Å². The Morgan fingerprint density at radius 1 is 0.576 bits per heavy atom. The van der Waals surface area contributed by atoms with Crippen molar-refractivity contribution in [2.75, 3.05) is 4.90 Å². The third kappa shape index (κ3) is 6.45. The minimum atomic E-state index is -0.0502. The Hall–Kier alpha value is -7.42. The molecule has 2 nitrogen and oxygen atoms in total. The molecule has 2 aromatic heterocycles. The van der Waals surface area contributed by atoms with Crippen molar-refractivity contribution in [1.29, 1.82) is 0 Å². The van der Waals surface area contributed by atoms with Gasteiger partial charge < -0.3 is 9.30 Å². The SMILES string of the molecule is C=Cc1c(/C=C\C)n2c3cccc(-c4ccc(-c5ccc(N(c6ccc(-c7ccccc7)cc6)c6ccc7c(c6)-c6ccccc6C7(C)C)cc5C)c(C5CC5)c4)c3c3cccc1c32.CC. The van der Waals surface area contributed by atoms with Gasteiger partial charge in [-0.1, -0.05) is 174 Å². The highest BCUT2D eigenvalue weighted by Crippen LogP contribution is 2.52. The number of anilines is 3. The second-order valence-electron chi connectivity index (χ2n) is 18.5. The molecule has 0 unspecified atom stereocenters. The van der Waals surface area contributed by atoms with Crippen molar-refractivity contribution in [3.8, 4) is 44.5 Å². The van der Waals surface area contributed by atoms with Crippen molar-refractivity contribution in [3.63, 3.8) is 0 Å². The summed E-state index contributed by atoms with van der Waals surface area (Å²) in [4.78, 5) is 2.44. The lowest BCUT2D eigenvalue weighted by molar-refractivity contribution is 0.660. The van der Waals surface area contributed by atoms with Gasteiger partial charge in [-0.05, 0) is 148 Å². The van der Waals surface area contributed by atoms with Crippen molar-refractivity contribution in [3.05, 3.63) is 216 Å². The van der Waals surface area contributed by atoms with Gasteiger partial charge >= 0.3 is 0 Å². The maximum Gasteiger partial charge on any atom is 0.0620 e. The zero-order chi connectivity index (χ0) is 45.3. The summed E-state index contributed by atoms with van der Waals surface area (Å²) in [5.74, 6) is 0.567. The zero-order valence-corrected chi connectivity index (χ0v) is 39.0. The van der Waals surface area contributed by atoms with E-state index in [4.69, 9.17) is 0 Å². The first kappa shape index (κ1) is 41.3. The molecule has 0 bridgehead atoms. The van der Waals surface area contributed by atoms with Crippen LogP contribution in [0.25, 0.3) is 83.9 Å². The number of nitrogens with zero attached hydrogens (tertiary/aromatic N) is 2. The molecule has 2 aliphatic rings. The number of aromatic nitrogens is 1. The molecule has 66 heavy (non-hydrogen) atoms. The standard InChI is InChI=1S/C62H50N2.C2H6/c1-6-15-58-47(7-2)52-20-13-21-53-60-49(19-14-23-59(60)64(58)61(52)53)43-28-33-50(54(37-43)42-24-25-42)48-34-31-45(36-39(48)3)63(44-29-26-41(27-30-44)40-16-9-8-10-17-40)46-32-35-57-55(38-46)51-18-11-12-22-56(51)62(57,4)5;1-2/h6-23,26-38,42H,2,24-25H2,1,3-5H3;1-2H3/b15-6-;. The Morgan fingerprint density at radius 2 is 1.21 bits per heavy atom. The van der Waals surface area contributed by atoms with Gasteiger partial charge in [-0.2, -0.15) is 0 Å². The minimum absolute atomic E-state index is 0.0502. The second kappa shape index (κ2) is 16.2. The normalized spacial score (nSPS) is 13.8. The smallest absolute Gasteiger partial charge is 0.0620 e. The van der Waals surface area contributed by atoms with Gasteiger partial charge in [-0.3, -0.25) is 0 Å². The zero-order valence-electron chi connectivity index (χ0n) is 39.0. The van der Waals surface area contributed by atoms with Gasteiger partial charge in [-0.25, -0.2) is 0 Å². The molecule has 2 heterocycles. The highest BCUT2D eigenvalue weighted by Gasteiger charge is 2.36. The number of fused-ring (bicyclic) bond motifs is 6. The molecule has 0 radical (unpaired) electrons. The molecule has 1 fully saturated rings. The summed E-state index contributed by atoms with van der Waals surface area (Å²) in [5.41, 5.74) is 24.1. The van der Waals surface area contributed by atoms with E-state index >= 15 is 0 Å². The number of para-hydroxylation sites is 1. The Bertz CT molecular complexity index is 3500. The summed E-state index contributed by atoms with van der Waals surface area (Å²) in [6.45, 7) is 17.3. The molecular weight excluding hydrogens is 797 g/mol. The maximum absolute atomic E-state index is 4.21. The van der Waals surface area contributed by atoms with Gasteiger partial charge in [0, 0.05) is 44.2 Å². The minimum Gasteiger partial charge on any atom is -0.310 e. The van der Waals surface area contributed by atoms with Crippen LogP contribution in [0, 0.1) is 6.92 Å². The molecule has 0 amide bonds. The van der Waals surface area contributed by atoms with Gasteiger partial charge in [0.25, 0.3) is 0 Å². The van der Waals surface area contributed by atoms with E-state index in [1.165, 1.54) is 118 Å². The third-order valence-electron chi connectivity index (χ3n) is 14.3. The largest absolute Gasteiger partial charge is 0.310 e. The van der Waals surface area contributed by atoms with Crippen LogP contribution in [0.2, 0.25) is 0 Å². The van der Waals surface area contributed by atoms with Crippen molar-refractivity contribution in [1.82, 2.24) is 4.40 Å². The molecular formula is C64H56N2. The summed E-state index contributed by atoms with van der Waals surface area (Å²) >= 11 is 0.